The first-order valence-corrected chi connectivity index (χ1v) is 14.5. The lowest BCUT2D eigenvalue weighted by Gasteiger charge is -2.20. The van der Waals surface area contributed by atoms with E-state index in [1.165, 1.54) is 13.4 Å². The lowest BCUT2D eigenvalue weighted by molar-refractivity contribution is -0.122. The largest absolute Gasteiger partial charge is 0.463 e. The third-order valence-electron chi connectivity index (χ3n) is 7.51. The minimum atomic E-state index is -1.19. The highest BCUT2D eigenvalue weighted by Gasteiger charge is 2.43. The number of aliphatic hydroxyl groups is 2. The maximum absolute atomic E-state index is 12.5. The number of hydrogen-bond donors (Lipinski definition) is 6. The predicted molar refractivity (Wildman–Crippen MR) is 166 cm³/mol. The molecule has 13 nitrogen and oxygen atoms in total. The minimum Gasteiger partial charge on any atom is -0.463 e. The molecule has 234 valence electrons. The van der Waals surface area contributed by atoms with Crippen LogP contribution in [-0.2, 0) is 9.53 Å². The van der Waals surface area contributed by atoms with Crippen molar-refractivity contribution >= 4 is 28.9 Å². The molecule has 44 heavy (non-hydrogen) atoms. The second-order valence-electron chi connectivity index (χ2n) is 10.4. The summed E-state index contributed by atoms with van der Waals surface area (Å²) in [6.07, 6.45) is -0.343. The monoisotopic (exact) mass is 604 g/mol. The van der Waals surface area contributed by atoms with Crippen molar-refractivity contribution in [1.29, 1.82) is 0 Å². The van der Waals surface area contributed by atoms with Gasteiger partial charge in [0.05, 0.1) is 25.5 Å². The van der Waals surface area contributed by atoms with Gasteiger partial charge in [0.15, 0.2) is 11.5 Å². The van der Waals surface area contributed by atoms with Gasteiger partial charge in [-0.2, -0.15) is 0 Å². The minimum absolute atomic E-state index is 0.0224. The average Bonchev–Trinajstić information content (AvgIpc) is 3.61. The average molecular weight is 605 g/mol. The van der Waals surface area contributed by atoms with Gasteiger partial charge in [0, 0.05) is 32.0 Å². The van der Waals surface area contributed by atoms with Crippen molar-refractivity contribution in [2.45, 2.75) is 50.0 Å². The van der Waals surface area contributed by atoms with E-state index in [0.29, 0.717) is 36.6 Å². The van der Waals surface area contributed by atoms with Crippen molar-refractivity contribution in [2.24, 2.45) is 11.5 Å². The Morgan fingerprint density at radius 2 is 1.61 bits per heavy atom. The van der Waals surface area contributed by atoms with Gasteiger partial charge in [-0.15, -0.1) is 0 Å². The zero-order valence-corrected chi connectivity index (χ0v) is 24.8. The number of nitrogens with one attached hydrogen (secondary N) is 2. The predicted octanol–water partition coefficient (Wildman–Crippen LogP) is 1.32. The van der Waals surface area contributed by atoms with Crippen LogP contribution < -0.4 is 22.1 Å². The maximum atomic E-state index is 12.5. The zero-order valence-electron chi connectivity index (χ0n) is 24.8. The molecule has 0 unspecified atom stereocenters. The number of ether oxygens (including phenoxy) is 1. The number of hydrogen-bond acceptors (Lipinski definition) is 11. The summed E-state index contributed by atoms with van der Waals surface area (Å²) in [5, 5.41) is 27.6. The number of aromatic nitrogens is 4. The molecule has 1 fully saturated rings. The van der Waals surface area contributed by atoms with Crippen LogP contribution in [0.5, 0.6) is 0 Å². The van der Waals surface area contributed by atoms with Crippen LogP contribution in [-0.4, -0.2) is 86.6 Å². The van der Waals surface area contributed by atoms with Crippen molar-refractivity contribution in [1.82, 2.24) is 24.8 Å². The second kappa shape index (κ2) is 15.3. The second-order valence-corrected chi connectivity index (χ2v) is 10.4. The van der Waals surface area contributed by atoms with Gasteiger partial charge in [0.25, 0.3) is 0 Å². The molecule has 8 N–H and O–H groups in total. The molecule has 2 heterocycles. The van der Waals surface area contributed by atoms with Crippen LogP contribution in [0.4, 0.5) is 5.82 Å². The highest BCUT2D eigenvalue weighted by Crippen LogP contribution is 2.34. The van der Waals surface area contributed by atoms with E-state index in [2.05, 4.69) is 49.9 Å². The Hall–Kier alpha value is -4.43. The molecule has 0 radical (unpaired) electrons. The number of nitrogens with zero attached hydrogens (tertiary/aromatic N) is 4. The molecule has 0 spiro atoms. The smallest absolute Gasteiger partial charge is 0.376 e. The summed E-state index contributed by atoms with van der Waals surface area (Å²) in [5.74, 6) is -0.796. The van der Waals surface area contributed by atoms with Crippen LogP contribution in [0.1, 0.15) is 53.5 Å². The van der Waals surface area contributed by atoms with Gasteiger partial charge in [-0.25, -0.2) is 19.7 Å². The van der Waals surface area contributed by atoms with E-state index in [9.17, 15) is 19.8 Å². The third-order valence-corrected chi connectivity index (χ3v) is 7.51. The molecule has 5 rings (SSSR count). The number of fused-ring (bicyclic) bond motifs is 1. The molecule has 1 aliphatic rings. The van der Waals surface area contributed by atoms with Gasteiger partial charge in [0.2, 0.25) is 11.7 Å². The highest BCUT2D eigenvalue weighted by atomic mass is 16.5. The van der Waals surface area contributed by atoms with Gasteiger partial charge in [-0.1, -0.05) is 67.6 Å². The maximum Gasteiger partial charge on any atom is 0.376 e. The van der Waals surface area contributed by atoms with E-state index in [-0.39, 0.29) is 30.5 Å². The molecule has 0 bridgehead atoms. The number of carbonyl (C=O) groups excluding carboxylic acids is 2. The normalized spacial score (nSPS) is 19.3. The van der Waals surface area contributed by atoms with E-state index in [0.717, 1.165) is 11.1 Å². The fourth-order valence-electron chi connectivity index (χ4n) is 5.20. The zero-order chi connectivity index (χ0) is 31.6. The Kier molecular flexibility index (Phi) is 11.3. The number of nitrogens with two attached hydrogens (primary N) is 2. The summed E-state index contributed by atoms with van der Waals surface area (Å²) in [6.45, 7) is 3.36. The summed E-state index contributed by atoms with van der Waals surface area (Å²) in [6, 6.07) is 18.8. The number of carbonyl (C=O) groups is 2. The first-order valence-electron chi connectivity index (χ1n) is 14.5. The standard InChI is InChI=1S/C29H32N6O5.C2H8N2/c1-3-22(36)32-20-14-21(25(38)24(20)37)35-16-31-23-26(33-27(29(39)40-2)34-28(23)35)30-15-19(17-10-6-4-7-11-17)18-12-8-5-9-13-18;3-1-2-4/h4-13,16,19-21,24-25,37-38H,3,14-15H2,1-2H3,(H,32,36)(H,30,33,34);1-4H2/t20-,21+,24+,25-;/m0./s1. The molecule has 2 aromatic heterocycles. The van der Waals surface area contributed by atoms with Gasteiger partial charge in [-0.3, -0.25) is 4.79 Å². The lowest BCUT2D eigenvalue weighted by Crippen LogP contribution is -2.42. The van der Waals surface area contributed by atoms with Crippen LogP contribution in [0.25, 0.3) is 11.2 Å². The van der Waals surface area contributed by atoms with Crippen molar-refractivity contribution in [3.63, 3.8) is 0 Å². The number of anilines is 1. The topological polar surface area (TPSA) is 204 Å². The summed E-state index contributed by atoms with van der Waals surface area (Å²) in [5.41, 5.74) is 12.7. The number of aliphatic hydroxyl groups excluding tert-OH is 2. The van der Waals surface area contributed by atoms with Crippen LogP contribution in [0, 0.1) is 0 Å². The fourth-order valence-corrected chi connectivity index (χ4v) is 5.20. The van der Waals surface area contributed by atoms with E-state index in [1.807, 2.05) is 36.4 Å². The van der Waals surface area contributed by atoms with Crippen LogP contribution in [0.15, 0.2) is 67.0 Å². The van der Waals surface area contributed by atoms with Crippen molar-refractivity contribution in [3.8, 4) is 0 Å². The highest BCUT2D eigenvalue weighted by molar-refractivity contribution is 5.91. The Bertz CT molecular complexity index is 1480. The first-order chi connectivity index (χ1) is 21.3. The van der Waals surface area contributed by atoms with Gasteiger partial charge >= 0.3 is 5.97 Å². The lowest BCUT2D eigenvalue weighted by atomic mass is 9.91. The van der Waals surface area contributed by atoms with Gasteiger partial charge < -0.3 is 41.6 Å². The van der Waals surface area contributed by atoms with Crippen molar-refractivity contribution < 1.29 is 24.5 Å². The summed E-state index contributed by atoms with van der Waals surface area (Å²) >= 11 is 0. The van der Waals surface area contributed by atoms with Crippen LogP contribution in [0.2, 0.25) is 0 Å². The molecular formula is C31H40N8O5. The Balaban J connectivity index is 0.00000104. The first kappa shape index (κ1) is 32.5. The summed E-state index contributed by atoms with van der Waals surface area (Å²) in [7, 11) is 1.25. The molecule has 4 atom stereocenters. The number of esters is 1. The van der Waals surface area contributed by atoms with Crippen molar-refractivity contribution in [3.05, 3.63) is 83.9 Å². The quantitative estimate of drug-likeness (QED) is 0.142. The number of amides is 1. The number of benzene rings is 2. The van der Waals surface area contributed by atoms with Crippen LogP contribution in [0.3, 0.4) is 0 Å². The SMILES string of the molecule is CCC(=O)N[C@H]1C[C@@H](n2cnc3c(NCC(c4ccccc4)c4ccccc4)nc(C(=O)OC)nc32)[C@H](O)[C@@H]1O.NCCN. The van der Waals surface area contributed by atoms with E-state index in [4.69, 9.17) is 16.2 Å². The summed E-state index contributed by atoms with van der Waals surface area (Å²) in [4.78, 5) is 37.8. The molecule has 13 heteroatoms. The molecule has 1 saturated carbocycles. The molecule has 0 aliphatic heterocycles. The molecule has 1 aliphatic carbocycles. The molecule has 4 aromatic rings. The van der Waals surface area contributed by atoms with E-state index in [1.54, 1.807) is 11.5 Å². The van der Waals surface area contributed by atoms with Gasteiger partial charge in [-0.05, 0) is 17.5 Å². The number of imidazole rings is 1. The molecule has 0 saturated heterocycles. The van der Waals surface area contributed by atoms with Crippen molar-refractivity contribution in [2.75, 3.05) is 32.1 Å². The number of rotatable bonds is 10. The Morgan fingerprint density at radius 3 is 2.16 bits per heavy atom. The number of methoxy groups -OCH3 is 1. The third kappa shape index (κ3) is 7.37. The van der Waals surface area contributed by atoms with Gasteiger partial charge in [0.1, 0.15) is 17.7 Å². The summed E-state index contributed by atoms with van der Waals surface area (Å²) < 4.78 is 6.52. The van der Waals surface area contributed by atoms with E-state index < -0.39 is 30.3 Å². The molecule has 2 aromatic carbocycles. The Morgan fingerprint density at radius 1 is 1.00 bits per heavy atom. The van der Waals surface area contributed by atoms with Crippen LogP contribution >= 0.6 is 0 Å². The Labute approximate surface area is 255 Å². The van der Waals surface area contributed by atoms with E-state index >= 15 is 0 Å². The fraction of sp³-hybridized carbons (Fsp3) is 0.387. The molecule has 1 amide bonds. The molecular weight excluding hydrogens is 564 g/mol.